The van der Waals surface area contributed by atoms with E-state index in [4.69, 9.17) is 32.7 Å². The van der Waals surface area contributed by atoms with Crippen molar-refractivity contribution in [1.82, 2.24) is 5.32 Å². The first-order valence-electron chi connectivity index (χ1n) is 6.53. The number of nitrogens with one attached hydrogen (secondary N) is 1. The van der Waals surface area contributed by atoms with Crippen LogP contribution in [0.1, 0.15) is 18.4 Å². The minimum absolute atomic E-state index is 0.0759. The average molecular weight is 318 g/mol. The van der Waals surface area contributed by atoms with Crippen LogP contribution in [0.3, 0.4) is 0 Å². The molecule has 1 heterocycles. The van der Waals surface area contributed by atoms with Gasteiger partial charge in [0.2, 0.25) is 0 Å². The molecule has 1 saturated heterocycles. The van der Waals surface area contributed by atoms with E-state index < -0.39 is 0 Å². The number of aryl methyl sites for hydroxylation is 1. The number of hydrogen-bond donors (Lipinski definition) is 1. The number of halogens is 2. The molecule has 0 spiro atoms. The summed E-state index contributed by atoms with van der Waals surface area (Å²) in [6.07, 6.45) is 2.17. The van der Waals surface area contributed by atoms with Gasteiger partial charge in [-0.3, -0.25) is 4.79 Å². The molecule has 0 radical (unpaired) electrons. The molecule has 1 amide bonds. The van der Waals surface area contributed by atoms with Gasteiger partial charge in [-0.05, 0) is 37.5 Å². The van der Waals surface area contributed by atoms with E-state index >= 15 is 0 Å². The molecule has 0 aliphatic carbocycles. The molecular weight excluding hydrogens is 301 g/mol. The zero-order valence-electron chi connectivity index (χ0n) is 11.2. The minimum Gasteiger partial charge on any atom is -0.482 e. The van der Waals surface area contributed by atoms with Gasteiger partial charge in [0.1, 0.15) is 5.75 Å². The third-order valence-electron chi connectivity index (χ3n) is 3.12. The molecule has 4 nitrogen and oxygen atoms in total. The van der Waals surface area contributed by atoms with Crippen molar-refractivity contribution >= 4 is 29.1 Å². The summed E-state index contributed by atoms with van der Waals surface area (Å²) in [6, 6.07) is 3.33. The van der Waals surface area contributed by atoms with E-state index in [-0.39, 0.29) is 18.6 Å². The van der Waals surface area contributed by atoms with Gasteiger partial charge in [-0.1, -0.05) is 23.2 Å². The summed E-state index contributed by atoms with van der Waals surface area (Å²) < 4.78 is 10.8. The Morgan fingerprint density at radius 3 is 2.95 bits per heavy atom. The maximum Gasteiger partial charge on any atom is 0.258 e. The number of rotatable bonds is 5. The summed E-state index contributed by atoms with van der Waals surface area (Å²) in [7, 11) is 0. The average Bonchev–Trinajstić information content (AvgIpc) is 2.92. The predicted octanol–water partition coefficient (Wildman–Crippen LogP) is 2.98. The van der Waals surface area contributed by atoms with Crippen LogP contribution in [0.2, 0.25) is 10.0 Å². The Balaban J connectivity index is 1.79. The maximum absolute atomic E-state index is 11.7. The van der Waals surface area contributed by atoms with Gasteiger partial charge < -0.3 is 14.8 Å². The standard InChI is InChI=1S/C14H17Cl2NO3/c1-9-5-13(12(16)6-11(9)15)20-8-14(18)17-7-10-3-2-4-19-10/h5-6,10H,2-4,7-8H2,1H3,(H,17,18). The van der Waals surface area contributed by atoms with Crippen molar-refractivity contribution in [3.8, 4) is 5.75 Å². The molecule has 20 heavy (non-hydrogen) atoms. The molecule has 1 N–H and O–H groups in total. The first-order valence-corrected chi connectivity index (χ1v) is 7.28. The Kier molecular flexibility index (Phi) is 5.52. The van der Waals surface area contributed by atoms with Crippen LogP contribution in [0.4, 0.5) is 0 Å². The molecule has 1 aliphatic rings. The van der Waals surface area contributed by atoms with Crippen LogP contribution in [0.5, 0.6) is 5.75 Å². The van der Waals surface area contributed by atoms with Gasteiger partial charge in [0.15, 0.2) is 6.61 Å². The molecular formula is C14H17Cl2NO3. The monoisotopic (exact) mass is 317 g/mol. The fraction of sp³-hybridized carbons (Fsp3) is 0.500. The van der Waals surface area contributed by atoms with Gasteiger partial charge in [0.25, 0.3) is 5.91 Å². The van der Waals surface area contributed by atoms with Crippen LogP contribution < -0.4 is 10.1 Å². The second kappa shape index (κ2) is 7.16. The SMILES string of the molecule is Cc1cc(OCC(=O)NCC2CCCO2)c(Cl)cc1Cl. The van der Waals surface area contributed by atoms with Crippen molar-refractivity contribution in [2.45, 2.75) is 25.9 Å². The second-order valence-electron chi connectivity index (χ2n) is 4.76. The Hall–Kier alpha value is -0.970. The lowest BCUT2D eigenvalue weighted by Gasteiger charge is -2.12. The largest absolute Gasteiger partial charge is 0.482 e. The molecule has 1 aromatic rings. The highest BCUT2D eigenvalue weighted by molar-refractivity contribution is 6.36. The van der Waals surface area contributed by atoms with Gasteiger partial charge in [0.05, 0.1) is 11.1 Å². The van der Waals surface area contributed by atoms with Gasteiger partial charge in [-0.2, -0.15) is 0 Å². The van der Waals surface area contributed by atoms with Gasteiger partial charge in [-0.15, -0.1) is 0 Å². The molecule has 1 atom stereocenters. The minimum atomic E-state index is -0.191. The molecule has 110 valence electrons. The van der Waals surface area contributed by atoms with Crippen LogP contribution in [-0.4, -0.2) is 31.8 Å². The van der Waals surface area contributed by atoms with Crippen LogP contribution >= 0.6 is 23.2 Å². The molecule has 0 bridgehead atoms. The molecule has 2 rings (SSSR count). The van der Waals surface area contributed by atoms with Gasteiger partial charge >= 0.3 is 0 Å². The van der Waals surface area contributed by atoms with E-state index in [1.54, 1.807) is 12.1 Å². The molecule has 0 aromatic heterocycles. The first kappa shape index (κ1) is 15.4. The van der Waals surface area contributed by atoms with E-state index in [9.17, 15) is 4.79 Å². The third kappa shape index (κ3) is 4.27. The first-order chi connectivity index (χ1) is 9.56. The number of carbonyl (C=O) groups is 1. The highest BCUT2D eigenvalue weighted by atomic mass is 35.5. The van der Waals surface area contributed by atoms with Gasteiger partial charge in [0, 0.05) is 18.2 Å². The molecule has 6 heteroatoms. The van der Waals surface area contributed by atoms with E-state index in [1.165, 1.54) is 0 Å². The fourth-order valence-corrected chi connectivity index (χ4v) is 2.41. The summed E-state index contributed by atoms with van der Waals surface area (Å²) >= 11 is 11.9. The second-order valence-corrected chi connectivity index (χ2v) is 5.57. The molecule has 0 saturated carbocycles. The normalized spacial score (nSPS) is 18.1. The molecule has 1 aliphatic heterocycles. The van der Waals surface area contributed by atoms with E-state index in [0.29, 0.717) is 22.3 Å². The lowest BCUT2D eigenvalue weighted by molar-refractivity contribution is -0.123. The van der Waals surface area contributed by atoms with Crippen LogP contribution in [-0.2, 0) is 9.53 Å². The number of amides is 1. The Morgan fingerprint density at radius 2 is 2.25 bits per heavy atom. The van der Waals surface area contributed by atoms with Gasteiger partial charge in [-0.25, -0.2) is 0 Å². The van der Waals surface area contributed by atoms with Crippen molar-refractivity contribution in [1.29, 1.82) is 0 Å². The lowest BCUT2D eigenvalue weighted by atomic mass is 10.2. The Bertz CT molecular complexity index is 488. The van der Waals surface area contributed by atoms with Crippen LogP contribution in [0, 0.1) is 6.92 Å². The highest BCUT2D eigenvalue weighted by Gasteiger charge is 2.16. The van der Waals surface area contributed by atoms with E-state index in [2.05, 4.69) is 5.32 Å². The summed E-state index contributed by atoms with van der Waals surface area (Å²) in [5.41, 5.74) is 0.853. The van der Waals surface area contributed by atoms with Crippen molar-refractivity contribution in [2.75, 3.05) is 19.8 Å². The quantitative estimate of drug-likeness (QED) is 0.908. The van der Waals surface area contributed by atoms with Crippen molar-refractivity contribution in [3.05, 3.63) is 27.7 Å². The summed E-state index contributed by atoms with van der Waals surface area (Å²) in [5.74, 6) is 0.269. The predicted molar refractivity (Wildman–Crippen MR) is 78.7 cm³/mol. The zero-order valence-corrected chi connectivity index (χ0v) is 12.8. The van der Waals surface area contributed by atoms with Crippen LogP contribution in [0.15, 0.2) is 12.1 Å². The van der Waals surface area contributed by atoms with Crippen molar-refractivity contribution in [2.24, 2.45) is 0 Å². The number of hydrogen-bond acceptors (Lipinski definition) is 3. The Labute approximate surface area is 128 Å². The summed E-state index contributed by atoms with van der Waals surface area (Å²) in [5, 5.41) is 3.75. The smallest absolute Gasteiger partial charge is 0.258 e. The highest BCUT2D eigenvalue weighted by Crippen LogP contribution is 2.30. The fourth-order valence-electron chi connectivity index (χ4n) is 1.97. The summed E-state index contributed by atoms with van der Waals surface area (Å²) in [6.45, 7) is 3.07. The zero-order chi connectivity index (χ0) is 14.5. The Morgan fingerprint density at radius 1 is 1.45 bits per heavy atom. The maximum atomic E-state index is 11.7. The van der Waals surface area contributed by atoms with E-state index in [1.807, 2.05) is 6.92 Å². The van der Waals surface area contributed by atoms with Crippen molar-refractivity contribution < 1.29 is 14.3 Å². The lowest BCUT2D eigenvalue weighted by Crippen LogP contribution is -2.35. The molecule has 1 unspecified atom stereocenters. The van der Waals surface area contributed by atoms with E-state index in [0.717, 1.165) is 25.0 Å². The number of ether oxygens (including phenoxy) is 2. The third-order valence-corrected chi connectivity index (χ3v) is 3.83. The number of benzene rings is 1. The topological polar surface area (TPSA) is 47.6 Å². The van der Waals surface area contributed by atoms with Crippen LogP contribution in [0.25, 0.3) is 0 Å². The number of carbonyl (C=O) groups excluding carboxylic acids is 1. The summed E-state index contributed by atoms with van der Waals surface area (Å²) in [4.78, 5) is 11.7. The molecule has 1 fully saturated rings. The van der Waals surface area contributed by atoms with Crippen molar-refractivity contribution in [3.63, 3.8) is 0 Å². The molecule has 1 aromatic carbocycles.